The molecule has 0 aliphatic heterocycles. The molecular formula is C124H70Cl4N12O2S2. The van der Waals surface area contributed by atoms with Crippen LogP contribution < -0.4 is 0 Å². The van der Waals surface area contributed by atoms with Crippen LogP contribution in [0.3, 0.4) is 0 Å². The van der Waals surface area contributed by atoms with Crippen LogP contribution in [0.5, 0.6) is 0 Å². The Morgan fingerprint density at radius 2 is 0.479 bits per heavy atom. The molecule has 0 unspecified atom stereocenters. The van der Waals surface area contributed by atoms with Gasteiger partial charge in [0.1, 0.15) is 22.3 Å². The molecule has 20 heteroatoms. The van der Waals surface area contributed by atoms with Gasteiger partial charge in [0.05, 0.1) is 0 Å². The number of furan rings is 2. The first kappa shape index (κ1) is 87.0. The third-order valence-corrected chi connectivity index (χ3v) is 29.3. The molecule has 0 radical (unpaired) electrons. The minimum atomic E-state index is 0.148. The summed E-state index contributed by atoms with van der Waals surface area (Å²) in [6.45, 7) is 0. The number of aromatic nitrogens is 12. The highest BCUT2D eigenvalue weighted by Gasteiger charge is 2.26. The van der Waals surface area contributed by atoms with Crippen molar-refractivity contribution in [3.05, 3.63) is 446 Å². The van der Waals surface area contributed by atoms with Gasteiger partial charge in [-0.3, -0.25) is 0 Å². The number of nitrogens with zero attached hydrogens (tertiary/aromatic N) is 12. The maximum Gasteiger partial charge on any atom is 0.226 e. The van der Waals surface area contributed by atoms with E-state index in [1.807, 2.05) is 188 Å². The highest BCUT2D eigenvalue weighted by molar-refractivity contribution is 7.26. The number of para-hydroxylation sites is 1. The maximum atomic E-state index is 6.49. The molecule has 8 heterocycles. The molecule has 0 N–H and O–H groups in total. The van der Waals surface area contributed by atoms with Gasteiger partial charge in [-0.1, -0.05) is 358 Å². The van der Waals surface area contributed by atoms with Crippen LogP contribution in [0.2, 0.25) is 21.1 Å². The van der Waals surface area contributed by atoms with Gasteiger partial charge in [-0.25, -0.2) is 19.9 Å². The molecule has 678 valence electrons. The summed E-state index contributed by atoms with van der Waals surface area (Å²) in [6.07, 6.45) is 0. The molecule has 8 aromatic heterocycles. The molecule has 21 aromatic carbocycles. The Labute approximate surface area is 849 Å². The van der Waals surface area contributed by atoms with Gasteiger partial charge in [0, 0.05) is 106 Å². The van der Waals surface area contributed by atoms with Crippen molar-refractivity contribution in [2.24, 2.45) is 0 Å². The lowest BCUT2D eigenvalue weighted by atomic mass is 9.91. The predicted octanol–water partition coefficient (Wildman–Crippen LogP) is 35.3. The largest absolute Gasteiger partial charge is 0.456 e. The summed E-state index contributed by atoms with van der Waals surface area (Å²) in [4.78, 5) is 55.4. The monoisotopic (exact) mass is 1960 g/mol. The summed E-state index contributed by atoms with van der Waals surface area (Å²) in [7, 11) is 0. The Balaban J connectivity index is 0.0000000986. The van der Waals surface area contributed by atoms with Gasteiger partial charge >= 0.3 is 0 Å². The van der Waals surface area contributed by atoms with Crippen LogP contribution in [0, 0.1) is 0 Å². The van der Waals surface area contributed by atoms with Crippen molar-refractivity contribution in [3.63, 3.8) is 0 Å². The second-order valence-corrected chi connectivity index (χ2v) is 38.4. The van der Waals surface area contributed by atoms with E-state index in [9.17, 15) is 0 Å². The highest BCUT2D eigenvalue weighted by atomic mass is 35.5. The molecule has 0 spiro atoms. The molecule has 0 fully saturated rings. The van der Waals surface area contributed by atoms with E-state index in [1.54, 1.807) is 22.7 Å². The number of halogens is 4. The molecule has 29 rings (SSSR count). The van der Waals surface area contributed by atoms with Crippen LogP contribution in [-0.2, 0) is 0 Å². The highest BCUT2D eigenvalue weighted by Crippen LogP contribution is 2.48. The summed E-state index contributed by atoms with van der Waals surface area (Å²) < 4.78 is 17.2. The molecule has 0 bridgehead atoms. The molecule has 0 amide bonds. The van der Waals surface area contributed by atoms with Crippen LogP contribution in [0.4, 0.5) is 0 Å². The molecule has 14 nitrogen and oxygen atoms in total. The zero-order chi connectivity index (χ0) is 96.0. The minimum absolute atomic E-state index is 0.148. The van der Waals surface area contributed by atoms with Crippen molar-refractivity contribution in [3.8, 4) is 124 Å². The van der Waals surface area contributed by atoms with Crippen molar-refractivity contribution < 1.29 is 8.83 Å². The van der Waals surface area contributed by atoms with Crippen LogP contribution in [0.25, 0.3) is 273 Å². The van der Waals surface area contributed by atoms with Gasteiger partial charge in [-0.2, -0.15) is 39.9 Å². The molecular weight excluding hydrogens is 1900 g/mol. The van der Waals surface area contributed by atoms with E-state index in [4.69, 9.17) is 75.2 Å². The molecule has 29 aromatic rings. The standard InChI is InChI=1S/C37H20ClN3S.2C31H18ClN3O.C25H14ClN3S/c38-37-40-35(23-6-2-1-3-7-23)39-36(41-37)29-10-5-11-30-34(29)28-17-16-24(20-31(28)42-30)27-18-25-14-12-21-8-4-9-22-13-15-26(19-27)33(25)32(21)22;32-31-34-29(21-11-5-10-20(18-21)23-14-6-9-19-8-1-2-12-22(19)23)33-30(35-31)25-15-7-17-27-28(25)24-13-3-4-16-26(24)36-27;32-31-34-29(23-15-6-12-19-11-4-5-13-21(19)23)33-30(35-31)24-16-8-18-26-28(24)27-22(14-7-17-25(27)36-26)20-9-2-1-3-10-20;26-25-28-23(17-11-5-8-15-7-1-2-9-16(15)17)27-24(29-25)19-12-6-14-21-22(19)18-10-3-4-13-20(18)30-21/h1-20H;2*1-18H;1-14H. The van der Waals surface area contributed by atoms with Crippen LogP contribution in [0.1, 0.15) is 0 Å². The van der Waals surface area contributed by atoms with Gasteiger partial charge in [0.25, 0.3) is 0 Å². The average Bonchev–Trinajstić information content (AvgIpc) is 1.23. The molecule has 0 aliphatic rings. The third kappa shape index (κ3) is 16.1. The number of benzene rings is 21. The van der Waals surface area contributed by atoms with Crippen molar-refractivity contribution in [1.82, 2.24) is 59.8 Å². The van der Waals surface area contributed by atoms with Gasteiger partial charge in [-0.05, 0) is 211 Å². The molecule has 144 heavy (non-hydrogen) atoms. The van der Waals surface area contributed by atoms with Gasteiger partial charge in [0.15, 0.2) is 46.6 Å². The Hall–Kier alpha value is -17.3. The lowest BCUT2D eigenvalue weighted by Gasteiger charge is -2.13. The number of hydrogen-bond acceptors (Lipinski definition) is 16. The number of rotatable bonds is 11. The second kappa shape index (κ2) is 36.7. The summed E-state index contributed by atoms with van der Waals surface area (Å²) in [5.74, 6) is 4.40. The van der Waals surface area contributed by atoms with Crippen LogP contribution in [0.15, 0.2) is 433 Å². The molecule has 0 aliphatic carbocycles. The van der Waals surface area contributed by atoms with E-state index in [-0.39, 0.29) is 21.1 Å². The van der Waals surface area contributed by atoms with E-state index < -0.39 is 0 Å². The maximum absolute atomic E-state index is 6.49. The average molecular weight is 1970 g/mol. The minimum Gasteiger partial charge on any atom is -0.456 e. The first-order valence-electron chi connectivity index (χ1n) is 46.7. The lowest BCUT2D eigenvalue weighted by molar-refractivity contribution is 0.668. The zero-order valence-corrected chi connectivity index (χ0v) is 80.6. The van der Waals surface area contributed by atoms with Crippen molar-refractivity contribution in [1.29, 1.82) is 0 Å². The molecule has 0 atom stereocenters. The summed E-state index contributed by atoms with van der Waals surface area (Å²) >= 11 is 29.3. The van der Waals surface area contributed by atoms with Gasteiger partial charge in [-0.15, -0.1) is 22.7 Å². The fourth-order valence-corrected chi connectivity index (χ4v) is 23.0. The van der Waals surface area contributed by atoms with Gasteiger partial charge < -0.3 is 8.83 Å². The lowest BCUT2D eigenvalue weighted by Crippen LogP contribution is -1.98. The summed E-state index contributed by atoms with van der Waals surface area (Å²) in [5, 5.41) is 23.9. The topological polar surface area (TPSA) is 181 Å². The number of thiophene rings is 2. The van der Waals surface area contributed by atoms with E-state index in [2.05, 4.69) is 276 Å². The molecule has 0 saturated heterocycles. The Morgan fingerprint density at radius 1 is 0.153 bits per heavy atom. The molecule has 0 saturated carbocycles. The Bertz CT molecular complexity index is 10100. The van der Waals surface area contributed by atoms with Crippen LogP contribution in [-0.4, -0.2) is 59.8 Å². The quantitative estimate of drug-likeness (QED) is 0.112. The van der Waals surface area contributed by atoms with E-state index >= 15 is 0 Å². The Morgan fingerprint density at radius 3 is 1.04 bits per heavy atom. The van der Waals surface area contributed by atoms with Crippen molar-refractivity contribution in [2.75, 3.05) is 0 Å². The number of hydrogen-bond donors (Lipinski definition) is 0. The normalized spacial score (nSPS) is 11.6. The second-order valence-electron chi connectivity index (χ2n) is 34.9. The van der Waals surface area contributed by atoms with E-state index in [0.717, 1.165) is 143 Å². The summed E-state index contributed by atoms with van der Waals surface area (Å²) in [6, 6.07) is 146. The number of fused-ring (bicyclic) bond motifs is 15. The zero-order valence-electron chi connectivity index (χ0n) is 75.9. The van der Waals surface area contributed by atoms with Crippen molar-refractivity contribution >= 4 is 218 Å². The van der Waals surface area contributed by atoms with Crippen LogP contribution >= 0.6 is 69.1 Å². The van der Waals surface area contributed by atoms with E-state index in [0.29, 0.717) is 46.6 Å². The Kier molecular flexibility index (Phi) is 22.2. The smallest absolute Gasteiger partial charge is 0.226 e. The fourth-order valence-electron chi connectivity index (χ4n) is 20.1. The third-order valence-electron chi connectivity index (χ3n) is 26.4. The predicted molar refractivity (Wildman–Crippen MR) is 596 cm³/mol. The van der Waals surface area contributed by atoms with Crippen molar-refractivity contribution in [2.45, 2.75) is 0 Å². The summed E-state index contributed by atoms with van der Waals surface area (Å²) in [5.41, 5.74) is 17.3. The van der Waals surface area contributed by atoms with Gasteiger partial charge in [0.2, 0.25) is 21.1 Å². The van der Waals surface area contributed by atoms with E-state index in [1.165, 1.54) is 83.8 Å². The first-order chi connectivity index (χ1) is 71.0. The fraction of sp³-hybridized carbons (Fsp3) is 0. The SMILES string of the molecule is Clc1nc(-c2cccc(-c3cccc4ccccc34)c2)nc(-c2cccc3oc4ccccc4c23)n1.Clc1nc(-c2cccc3ccccc23)nc(-c2cccc3oc4cccc(-c5ccccc5)c4c23)n1.Clc1nc(-c2cccc3ccccc23)nc(-c2cccc3sc4ccccc4c23)n1.Clc1nc(-c2ccccc2)nc(-c2cccc3sc4cc(-c5cc6ccc7cccc8ccc(c5)c6c78)ccc4c23)n1. The first-order valence-corrected chi connectivity index (χ1v) is 49.8.